The smallest absolute Gasteiger partial charge is 0.174 e. The van der Waals surface area contributed by atoms with E-state index >= 15 is 0 Å². The minimum absolute atomic E-state index is 0.172. The van der Waals surface area contributed by atoms with Crippen LogP contribution in [0, 0.1) is 0 Å². The molecule has 0 aliphatic carbocycles. The van der Waals surface area contributed by atoms with Crippen molar-refractivity contribution < 1.29 is 13.9 Å². The van der Waals surface area contributed by atoms with Gasteiger partial charge < -0.3 is 24.1 Å². The average molecular weight is 486 g/mol. The molecule has 0 amide bonds. The maximum absolute atomic E-state index is 6.43. The zero-order valence-electron chi connectivity index (χ0n) is 19.7. The lowest BCUT2D eigenvalue weighted by atomic mass is 10.0. The molecule has 6 nitrogen and oxygen atoms in total. The molecule has 0 radical (unpaired) electrons. The Bertz CT molecular complexity index is 1270. The Morgan fingerprint density at radius 1 is 0.886 bits per heavy atom. The minimum Gasteiger partial charge on any atom is -0.494 e. The van der Waals surface area contributed by atoms with E-state index in [2.05, 4.69) is 15.2 Å². The first-order valence-electron chi connectivity index (χ1n) is 11.7. The lowest BCUT2D eigenvalue weighted by Gasteiger charge is -2.26. The summed E-state index contributed by atoms with van der Waals surface area (Å²) in [5.74, 6) is 3.24. The maximum atomic E-state index is 6.43. The number of nitrogens with zero attached hydrogens (tertiary/aromatic N) is 2. The van der Waals surface area contributed by atoms with Crippen LogP contribution in [0.5, 0.6) is 11.5 Å². The minimum atomic E-state index is -0.216. The van der Waals surface area contributed by atoms with Crippen molar-refractivity contribution in [2.45, 2.75) is 25.9 Å². The molecule has 0 bridgehead atoms. The third-order valence-electron chi connectivity index (χ3n) is 5.89. The van der Waals surface area contributed by atoms with Crippen molar-refractivity contribution in [3.63, 3.8) is 0 Å². The molecule has 1 aliphatic heterocycles. The van der Waals surface area contributed by atoms with Crippen LogP contribution >= 0.6 is 12.2 Å². The highest BCUT2D eigenvalue weighted by atomic mass is 32.1. The fourth-order valence-corrected chi connectivity index (χ4v) is 4.69. The summed E-state index contributed by atoms with van der Waals surface area (Å²) in [5, 5.41) is 4.08. The molecule has 2 aromatic heterocycles. The van der Waals surface area contributed by atoms with E-state index in [0.29, 0.717) is 18.3 Å². The average Bonchev–Trinajstić information content (AvgIpc) is 3.51. The van der Waals surface area contributed by atoms with E-state index in [1.165, 1.54) is 0 Å². The molecule has 0 spiro atoms. The molecule has 2 aromatic carbocycles. The number of rotatable bonds is 8. The first-order valence-corrected chi connectivity index (χ1v) is 12.1. The van der Waals surface area contributed by atoms with E-state index in [1.54, 1.807) is 6.20 Å². The molecule has 1 saturated heterocycles. The third kappa shape index (κ3) is 4.72. The van der Waals surface area contributed by atoms with E-state index in [1.807, 2.05) is 92.7 Å². The van der Waals surface area contributed by atoms with Gasteiger partial charge in [0.05, 0.1) is 24.9 Å². The topological polar surface area (TPSA) is 59.8 Å². The molecule has 35 heavy (non-hydrogen) atoms. The van der Waals surface area contributed by atoms with Gasteiger partial charge in [0.25, 0.3) is 0 Å². The molecule has 1 N–H and O–H groups in total. The molecule has 0 unspecified atom stereocenters. The Morgan fingerprint density at radius 2 is 1.57 bits per heavy atom. The zero-order valence-corrected chi connectivity index (χ0v) is 20.5. The van der Waals surface area contributed by atoms with Crippen LogP contribution in [0.1, 0.15) is 37.4 Å². The van der Waals surface area contributed by atoms with Gasteiger partial charge in [-0.1, -0.05) is 6.07 Å². The Kier molecular flexibility index (Phi) is 6.68. The predicted octanol–water partition coefficient (Wildman–Crippen LogP) is 6.32. The predicted molar refractivity (Wildman–Crippen MR) is 141 cm³/mol. The first kappa shape index (κ1) is 22.9. The Labute approximate surface area is 210 Å². The van der Waals surface area contributed by atoms with Crippen molar-refractivity contribution in [2.24, 2.45) is 0 Å². The molecule has 1 fully saturated rings. The number of hydrogen-bond donors (Lipinski definition) is 1. The lowest BCUT2D eigenvalue weighted by molar-refractivity contribution is 0.340. The standard InChI is InChI=1S/C28H27N3O3S/c1-3-32-21-12-8-19(9-13-21)24-16-17-25(34-24)27-26(23-7-5-6-18-29-23)30-28(35)31(27)20-10-14-22(15-11-20)33-4-2/h5-18,26-27H,3-4H2,1-2H3,(H,30,35)/t26-,27-/m0/s1. The summed E-state index contributed by atoms with van der Waals surface area (Å²) in [6.45, 7) is 5.20. The molecule has 178 valence electrons. The highest BCUT2D eigenvalue weighted by Crippen LogP contribution is 2.43. The second kappa shape index (κ2) is 10.2. The van der Waals surface area contributed by atoms with Gasteiger partial charge in [0, 0.05) is 17.4 Å². The monoisotopic (exact) mass is 485 g/mol. The zero-order chi connectivity index (χ0) is 24.2. The second-order valence-electron chi connectivity index (χ2n) is 8.08. The summed E-state index contributed by atoms with van der Waals surface area (Å²) >= 11 is 5.80. The van der Waals surface area contributed by atoms with Gasteiger partial charge in [0.15, 0.2) is 5.11 Å². The molecule has 1 aliphatic rings. The summed E-state index contributed by atoms with van der Waals surface area (Å²) in [6.07, 6.45) is 1.80. The van der Waals surface area contributed by atoms with Crippen LogP contribution in [-0.2, 0) is 0 Å². The van der Waals surface area contributed by atoms with E-state index < -0.39 is 0 Å². The van der Waals surface area contributed by atoms with Crippen molar-refractivity contribution >= 4 is 23.0 Å². The number of ether oxygens (including phenoxy) is 2. The van der Waals surface area contributed by atoms with Gasteiger partial charge >= 0.3 is 0 Å². The maximum Gasteiger partial charge on any atom is 0.174 e. The summed E-state index contributed by atoms with van der Waals surface area (Å²) in [7, 11) is 0. The fourth-order valence-electron chi connectivity index (χ4n) is 4.34. The van der Waals surface area contributed by atoms with E-state index in [-0.39, 0.29) is 12.1 Å². The molecular formula is C28H27N3O3S. The summed E-state index contributed by atoms with van der Waals surface area (Å²) < 4.78 is 17.6. The highest BCUT2D eigenvalue weighted by molar-refractivity contribution is 7.80. The van der Waals surface area contributed by atoms with Gasteiger partial charge in [-0.05, 0) is 98.9 Å². The van der Waals surface area contributed by atoms with Crippen molar-refractivity contribution in [1.82, 2.24) is 10.3 Å². The van der Waals surface area contributed by atoms with Gasteiger partial charge in [-0.15, -0.1) is 0 Å². The second-order valence-corrected chi connectivity index (χ2v) is 8.47. The Morgan fingerprint density at radius 3 is 2.20 bits per heavy atom. The number of furan rings is 1. The normalized spacial score (nSPS) is 17.3. The van der Waals surface area contributed by atoms with Crippen LogP contribution in [0.3, 0.4) is 0 Å². The van der Waals surface area contributed by atoms with Crippen LogP contribution in [0.2, 0.25) is 0 Å². The molecule has 7 heteroatoms. The van der Waals surface area contributed by atoms with Crippen LogP contribution in [0.4, 0.5) is 5.69 Å². The number of thiocarbonyl (C=S) groups is 1. The summed E-state index contributed by atoms with van der Waals surface area (Å²) in [4.78, 5) is 6.69. The van der Waals surface area contributed by atoms with Crippen LogP contribution < -0.4 is 19.7 Å². The molecule has 5 rings (SSSR count). The van der Waals surface area contributed by atoms with Gasteiger partial charge in [-0.25, -0.2) is 0 Å². The number of aromatic nitrogens is 1. The Hall–Kier alpha value is -3.84. The molecular weight excluding hydrogens is 458 g/mol. The summed E-state index contributed by atoms with van der Waals surface area (Å²) in [6, 6.07) is 25.4. The quantitative estimate of drug-likeness (QED) is 0.293. The Balaban J connectivity index is 1.52. The van der Waals surface area contributed by atoms with E-state index in [0.717, 1.165) is 40.0 Å². The van der Waals surface area contributed by atoms with E-state index in [4.69, 9.17) is 26.1 Å². The van der Waals surface area contributed by atoms with Crippen molar-refractivity contribution in [3.05, 3.63) is 96.5 Å². The number of hydrogen-bond acceptors (Lipinski definition) is 5. The SMILES string of the molecule is CCOc1ccc(-c2ccc([C@H]3[C@H](c4ccccn4)NC(=S)N3c3ccc(OCC)cc3)o2)cc1. The highest BCUT2D eigenvalue weighted by Gasteiger charge is 2.42. The van der Waals surface area contributed by atoms with Gasteiger partial charge in [-0.3, -0.25) is 4.98 Å². The van der Waals surface area contributed by atoms with Crippen LogP contribution in [-0.4, -0.2) is 23.3 Å². The lowest BCUT2D eigenvalue weighted by Crippen LogP contribution is -2.29. The number of anilines is 1. The van der Waals surface area contributed by atoms with Crippen LogP contribution in [0.25, 0.3) is 11.3 Å². The number of nitrogens with one attached hydrogen (secondary N) is 1. The largest absolute Gasteiger partial charge is 0.494 e. The number of pyridine rings is 1. The molecule has 0 saturated carbocycles. The third-order valence-corrected chi connectivity index (χ3v) is 6.21. The van der Waals surface area contributed by atoms with Gasteiger partial charge in [-0.2, -0.15) is 0 Å². The van der Waals surface area contributed by atoms with Crippen LogP contribution in [0.15, 0.2) is 89.5 Å². The molecule has 4 aromatic rings. The van der Waals surface area contributed by atoms with Gasteiger partial charge in [0.2, 0.25) is 0 Å². The number of benzene rings is 2. The fraction of sp³-hybridized carbons (Fsp3) is 0.214. The molecule has 3 heterocycles. The van der Waals surface area contributed by atoms with Crippen molar-refractivity contribution in [2.75, 3.05) is 18.1 Å². The van der Waals surface area contributed by atoms with Crippen molar-refractivity contribution in [1.29, 1.82) is 0 Å². The van der Waals surface area contributed by atoms with Crippen molar-refractivity contribution in [3.8, 4) is 22.8 Å². The molecule has 2 atom stereocenters. The summed E-state index contributed by atoms with van der Waals surface area (Å²) in [5.41, 5.74) is 2.83. The van der Waals surface area contributed by atoms with Gasteiger partial charge in [0.1, 0.15) is 29.1 Å². The first-order chi connectivity index (χ1) is 17.2. The van der Waals surface area contributed by atoms with E-state index in [9.17, 15) is 0 Å².